The summed E-state index contributed by atoms with van der Waals surface area (Å²) in [5.74, 6) is 0.429. The van der Waals surface area contributed by atoms with Crippen molar-refractivity contribution < 1.29 is 4.79 Å². The molecule has 0 radical (unpaired) electrons. The maximum atomic E-state index is 11.8. The molecule has 0 bridgehead atoms. The lowest BCUT2D eigenvalue weighted by atomic mass is 10.2. The summed E-state index contributed by atoms with van der Waals surface area (Å²) in [6, 6.07) is 0. The lowest BCUT2D eigenvalue weighted by Gasteiger charge is -1.93. The summed E-state index contributed by atoms with van der Waals surface area (Å²) in [5, 5.41) is 11.4. The second-order valence-corrected chi connectivity index (χ2v) is 3.92. The van der Waals surface area contributed by atoms with E-state index in [1.807, 2.05) is 6.92 Å². The van der Waals surface area contributed by atoms with E-state index >= 15 is 0 Å². The molecule has 2 aromatic rings. The van der Waals surface area contributed by atoms with E-state index in [1.165, 1.54) is 16.1 Å². The molecule has 2 heterocycles. The van der Waals surface area contributed by atoms with Crippen LogP contribution in [0.5, 0.6) is 0 Å². The first kappa shape index (κ1) is 9.91. The number of carbonyl (C=O) groups excluding carboxylic acids is 1. The number of nitrogens with zero attached hydrogens (tertiary/aromatic N) is 5. The average molecular weight is 223 g/mol. The molecular weight excluding hydrogens is 214 g/mol. The summed E-state index contributed by atoms with van der Waals surface area (Å²) < 4.78 is 0. The first-order valence-electron chi connectivity index (χ1n) is 4.33. The molecule has 0 aliphatic carbocycles. The Balaban J connectivity index is 2.14. The molecule has 6 nitrogen and oxygen atoms in total. The van der Waals surface area contributed by atoms with Crippen molar-refractivity contribution in [3.63, 3.8) is 0 Å². The SMILES string of the molecule is Cc1ncsc1C(=O)Cc1nnn(C)n1. The number of rotatable bonds is 3. The second kappa shape index (κ2) is 3.85. The topological polar surface area (TPSA) is 73.6 Å². The van der Waals surface area contributed by atoms with E-state index in [0.717, 1.165) is 5.69 Å². The Kier molecular flexibility index (Phi) is 2.55. The van der Waals surface area contributed by atoms with Gasteiger partial charge < -0.3 is 0 Å². The predicted octanol–water partition coefficient (Wildman–Crippen LogP) is 0.400. The summed E-state index contributed by atoms with van der Waals surface area (Å²) in [6.07, 6.45) is 0.177. The molecule has 0 spiro atoms. The van der Waals surface area contributed by atoms with Gasteiger partial charge in [-0.05, 0) is 12.1 Å². The van der Waals surface area contributed by atoms with Gasteiger partial charge in [0.1, 0.15) is 0 Å². The normalized spacial score (nSPS) is 10.5. The number of hydrogen-bond donors (Lipinski definition) is 0. The maximum Gasteiger partial charge on any atom is 0.182 e. The Bertz CT molecular complexity index is 489. The highest BCUT2D eigenvalue weighted by molar-refractivity contribution is 7.11. The van der Waals surface area contributed by atoms with Gasteiger partial charge in [0.05, 0.1) is 29.6 Å². The zero-order chi connectivity index (χ0) is 10.8. The Morgan fingerprint density at radius 1 is 1.60 bits per heavy atom. The number of Topliss-reactive ketones (excluding diaryl/α,β-unsaturated/α-hetero) is 1. The summed E-state index contributed by atoms with van der Waals surface area (Å²) in [5.41, 5.74) is 2.42. The minimum Gasteiger partial charge on any atom is -0.293 e. The fourth-order valence-electron chi connectivity index (χ4n) is 1.19. The summed E-state index contributed by atoms with van der Waals surface area (Å²) in [6.45, 7) is 1.81. The van der Waals surface area contributed by atoms with Crippen LogP contribution in [0.2, 0.25) is 0 Å². The zero-order valence-electron chi connectivity index (χ0n) is 8.34. The summed E-state index contributed by atoms with van der Waals surface area (Å²) >= 11 is 1.34. The van der Waals surface area contributed by atoms with Gasteiger partial charge in [0.15, 0.2) is 11.6 Å². The van der Waals surface area contributed by atoms with Crippen LogP contribution in [0.25, 0.3) is 0 Å². The molecule has 0 fully saturated rings. The highest BCUT2D eigenvalue weighted by Crippen LogP contribution is 2.14. The lowest BCUT2D eigenvalue weighted by Crippen LogP contribution is -2.05. The van der Waals surface area contributed by atoms with Gasteiger partial charge in [0.2, 0.25) is 0 Å². The van der Waals surface area contributed by atoms with Gasteiger partial charge in [-0.25, -0.2) is 4.98 Å². The first-order valence-corrected chi connectivity index (χ1v) is 5.21. The van der Waals surface area contributed by atoms with Crippen LogP contribution >= 0.6 is 11.3 Å². The highest BCUT2D eigenvalue weighted by atomic mass is 32.1. The fraction of sp³-hybridized carbons (Fsp3) is 0.375. The molecular formula is C8H9N5OS. The standard InChI is InChI=1S/C8H9N5OS/c1-5-8(15-4-9-5)6(14)3-7-10-12-13(2)11-7/h4H,3H2,1-2H3. The average Bonchev–Trinajstić information content (AvgIpc) is 2.75. The number of hydrogen-bond acceptors (Lipinski definition) is 6. The summed E-state index contributed by atoms with van der Waals surface area (Å²) in [4.78, 5) is 17.8. The molecule has 0 saturated carbocycles. The molecule has 0 N–H and O–H groups in total. The number of aromatic nitrogens is 5. The number of tetrazole rings is 1. The maximum absolute atomic E-state index is 11.8. The van der Waals surface area contributed by atoms with Gasteiger partial charge in [0, 0.05) is 0 Å². The molecule has 0 aromatic carbocycles. The van der Waals surface area contributed by atoms with Crippen LogP contribution in [0.15, 0.2) is 5.51 Å². The zero-order valence-corrected chi connectivity index (χ0v) is 9.15. The van der Waals surface area contributed by atoms with E-state index < -0.39 is 0 Å². The molecule has 0 saturated heterocycles. The van der Waals surface area contributed by atoms with Crippen molar-refractivity contribution in [1.29, 1.82) is 0 Å². The highest BCUT2D eigenvalue weighted by Gasteiger charge is 2.14. The molecule has 2 rings (SSSR count). The van der Waals surface area contributed by atoms with Gasteiger partial charge in [0.25, 0.3) is 0 Å². The third-order valence-electron chi connectivity index (χ3n) is 1.87. The molecule has 0 aliphatic rings. The quantitative estimate of drug-likeness (QED) is 0.704. The molecule has 15 heavy (non-hydrogen) atoms. The van der Waals surface area contributed by atoms with Crippen LogP contribution in [0.1, 0.15) is 21.2 Å². The monoisotopic (exact) mass is 223 g/mol. The molecule has 0 amide bonds. The second-order valence-electron chi connectivity index (χ2n) is 3.06. The van der Waals surface area contributed by atoms with E-state index in [4.69, 9.17) is 0 Å². The smallest absolute Gasteiger partial charge is 0.182 e. The van der Waals surface area contributed by atoms with Crippen LogP contribution in [-0.2, 0) is 13.5 Å². The molecule has 2 aromatic heterocycles. The largest absolute Gasteiger partial charge is 0.293 e. The number of thiazole rings is 1. The minimum absolute atomic E-state index is 0.0111. The third kappa shape index (κ3) is 2.07. The van der Waals surface area contributed by atoms with Crippen molar-refractivity contribution in [2.75, 3.05) is 0 Å². The Hall–Kier alpha value is -1.63. The van der Waals surface area contributed by atoms with Crippen molar-refractivity contribution >= 4 is 17.1 Å². The van der Waals surface area contributed by atoms with Gasteiger partial charge in [-0.2, -0.15) is 4.80 Å². The van der Waals surface area contributed by atoms with E-state index in [9.17, 15) is 4.79 Å². The minimum atomic E-state index is -0.0111. The van der Waals surface area contributed by atoms with E-state index in [-0.39, 0.29) is 12.2 Å². The van der Waals surface area contributed by atoms with Gasteiger partial charge >= 0.3 is 0 Å². The van der Waals surface area contributed by atoms with Crippen LogP contribution in [0.4, 0.5) is 0 Å². The number of carbonyl (C=O) groups is 1. The Morgan fingerprint density at radius 2 is 2.40 bits per heavy atom. The van der Waals surface area contributed by atoms with Crippen LogP contribution < -0.4 is 0 Å². The van der Waals surface area contributed by atoms with Crippen molar-refractivity contribution in [3.05, 3.63) is 21.9 Å². The molecule has 0 aliphatic heterocycles. The molecule has 7 heteroatoms. The van der Waals surface area contributed by atoms with Crippen molar-refractivity contribution in [3.8, 4) is 0 Å². The first-order chi connectivity index (χ1) is 7.16. The molecule has 0 unspecified atom stereocenters. The van der Waals surface area contributed by atoms with Gasteiger partial charge in [-0.1, -0.05) is 0 Å². The van der Waals surface area contributed by atoms with Crippen LogP contribution in [0.3, 0.4) is 0 Å². The van der Waals surface area contributed by atoms with Crippen molar-refractivity contribution in [2.45, 2.75) is 13.3 Å². The number of aryl methyl sites for hydroxylation is 2. The molecule has 78 valence electrons. The third-order valence-corrected chi connectivity index (χ3v) is 2.84. The number of ketones is 1. The summed E-state index contributed by atoms with van der Waals surface area (Å²) in [7, 11) is 1.67. The van der Waals surface area contributed by atoms with Crippen molar-refractivity contribution in [2.24, 2.45) is 7.05 Å². The lowest BCUT2D eigenvalue weighted by molar-refractivity contribution is 0.0994. The predicted molar refractivity (Wildman–Crippen MR) is 53.7 cm³/mol. The fourth-order valence-corrected chi connectivity index (χ4v) is 1.93. The van der Waals surface area contributed by atoms with Crippen molar-refractivity contribution in [1.82, 2.24) is 25.2 Å². The van der Waals surface area contributed by atoms with Crippen LogP contribution in [0, 0.1) is 6.92 Å². The van der Waals surface area contributed by atoms with E-state index in [0.29, 0.717) is 10.7 Å². The van der Waals surface area contributed by atoms with Gasteiger partial charge in [-0.15, -0.1) is 21.5 Å². The van der Waals surface area contributed by atoms with E-state index in [2.05, 4.69) is 20.4 Å². The van der Waals surface area contributed by atoms with Crippen LogP contribution in [-0.4, -0.2) is 31.0 Å². The Labute approximate surface area is 90.0 Å². The van der Waals surface area contributed by atoms with E-state index in [1.54, 1.807) is 12.6 Å². The van der Waals surface area contributed by atoms with Gasteiger partial charge in [-0.3, -0.25) is 4.79 Å². The molecule has 0 atom stereocenters. The Morgan fingerprint density at radius 3 is 2.93 bits per heavy atom.